The Morgan fingerprint density at radius 2 is 1.00 bits per heavy atom. The van der Waals surface area contributed by atoms with Crippen molar-refractivity contribution < 1.29 is 19.0 Å². The van der Waals surface area contributed by atoms with Gasteiger partial charge in [-0.3, -0.25) is 4.79 Å². The van der Waals surface area contributed by atoms with Gasteiger partial charge in [0, 0.05) is 24.6 Å². The van der Waals surface area contributed by atoms with Crippen LogP contribution >= 0.6 is 0 Å². The second kappa shape index (κ2) is 11.7. The monoisotopic (exact) mass is 534 g/mol. The largest absolute Gasteiger partial charge is 0.484 e. The van der Waals surface area contributed by atoms with Crippen LogP contribution in [0.5, 0.6) is 17.2 Å². The summed E-state index contributed by atoms with van der Waals surface area (Å²) in [5.74, 6) is 1.34. The van der Waals surface area contributed by atoms with Gasteiger partial charge < -0.3 is 24.8 Å². The molecule has 0 spiro atoms. The minimum absolute atomic E-state index is 0.0487. The van der Waals surface area contributed by atoms with E-state index in [1.807, 2.05) is 7.05 Å². The Morgan fingerprint density at radius 1 is 0.632 bits per heavy atom. The number of ether oxygens (including phenoxy) is 3. The molecule has 1 rings (SSSR count). The van der Waals surface area contributed by atoms with Gasteiger partial charge in [-0.05, 0) is 98.2 Å². The molecule has 2 N–H and O–H groups in total. The molecular weight excluding hydrogens is 476 g/mol. The lowest BCUT2D eigenvalue weighted by Crippen LogP contribution is -2.45. The van der Waals surface area contributed by atoms with Gasteiger partial charge in [-0.25, -0.2) is 0 Å². The molecule has 1 aromatic rings. The molecular formula is C32H58N2O4. The molecule has 1 amide bonds. The first-order valence-corrected chi connectivity index (χ1v) is 14.0. The summed E-state index contributed by atoms with van der Waals surface area (Å²) in [6.07, 6.45) is 2.36. The van der Waals surface area contributed by atoms with Crippen molar-refractivity contribution in [3.8, 4) is 17.2 Å². The quantitative estimate of drug-likeness (QED) is 0.287. The minimum atomic E-state index is -0.556. The van der Waals surface area contributed by atoms with Gasteiger partial charge in [0.25, 0.3) is 5.91 Å². The summed E-state index contributed by atoms with van der Waals surface area (Å²) in [7, 11) is 3.59. The van der Waals surface area contributed by atoms with Crippen LogP contribution in [0.4, 0.5) is 0 Å². The van der Waals surface area contributed by atoms with Crippen LogP contribution in [-0.2, 0) is 0 Å². The van der Waals surface area contributed by atoms with Crippen molar-refractivity contribution in [3.63, 3.8) is 0 Å². The van der Waals surface area contributed by atoms with Crippen LogP contribution in [0.1, 0.15) is 127 Å². The highest BCUT2D eigenvalue weighted by atomic mass is 16.6. The molecule has 0 bridgehead atoms. The first kappa shape index (κ1) is 34.1. The highest BCUT2D eigenvalue weighted by Crippen LogP contribution is 2.46. The Hall–Kier alpha value is -1.95. The molecule has 1 aromatic carbocycles. The lowest BCUT2D eigenvalue weighted by atomic mass is 9.83. The highest BCUT2D eigenvalue weighted by Gasteiger charge is 2.36. The van der Waals surface area contributed by atoms with E-state index in [1.165, 1.54) is 0 Å². The van der Waals surface area contributed by atoms with E-state index in [-0.39, 0.29) is 22.3 Å². The van der Waals surface area contributed by atoms with Crippen molar-refractivity contribution in [1.29, 1.82) is 0 Å². The topological polar surface area (TPSA) is 68.8 Å². The maximum atomic E-state index is 12.9. The number of carbonyl (C=O) groups is 1. The Kier molecular flexibility index (Phi) is 10.5. The first-order valence-electron chi connectivity index (χ1n) is 14.0. The van der Waals surface area contributed by atoms with E-state index in [9.17, 15) is 4.79 Å². The molecule has 0 heterocycles. The summed E-state index contributed by atoms with van der Waals surface area (Å²) in [5, 5.41) is 6.12. The molecule has 0 aliphatic carbocycles. The van der Waals surface area contributed by atoms with E-state index < -0.39 is 16.8 Å². The number of carbonyl (C=O) groups excluding carboxylic acids is 1. The third kappa shape index (κ3) is 11.8. The summed E-state index contributed by atoms with van der Waals surface area (Å²) in [4.78, 5) is 12.9. The van der Waals surface area contributed by atoms with Crippen molar-refractivity contribution >= 4 is 5.91 Å². The molecule has 0 atom stereocenters. The van der Waals surface area contributed by atoms with Crippen molar-refractivity contribution in [3.05, 3.63) is 17.7 Å². The number of hydrogen-bond donors (Lipinski definition) is 2. The lowest BCUT2D eigenvalue weighted by Gasteiger charge is -2.39. The van der Waals surface area contributed by atoms with Crippen LogP contribution < -0.4 is 24.8 Å². The van der Waals surface area contributed by atoms with Crippen molar-refractivity contribution in [2.24, 2.45) is 10.8 Å². The summed E-state index contributed by atoms with van der Waals surface area (Å²) in [5.41, 5.74) is -1.16. The van der Waals surface area contributed by atoms with Gasteiger partial charge in [-0.15, -0.1) is 0 Å². The second-order valence-electron chi connectivity index (χ2n) is 15.8. The number of nitrogens with one attached hydrogen (secondary N) is 2. The summed E-state index contributed by atoms with van der Waals surface area (Å²) >= 11 is 0. The average Bonchev–Trinajstić information content (AvgIpc) is 2.64. The van der Waals surface area contributed by atoms with Gasteiger partial charge in [-0.2, -0.15) is 0 Å². The van der Waals surface area contributed by atoms with Crippen LogP contribution in [-0.4, -0.2) is 42.3 Å². The van der Waals surface area contributed by atoms with Gasteiger partial charge in [0.15, 0.2) is 11.5 Å². The van der Waals surface area contributed by atoms with E-state index in [0.29, 0.717) is 22.8 Å². The van der Waals surface area contributed by atoms with Crippen LogP contribution in [0.3, 0.4) is 0 Å². The SMILES string of the molecule is CNC(=O)c1cc(OC(C)(C)CC(C)(C)C)c(OC(C)(C)CC(C)(C)NC)c(OC(C)(C)CC(C)(C)C)c1. The zero-order valence-electron chi connectivity index (χ0n) is 27.4. The fourth-order valence-electron chi connectivity index (χ4n) is 5.79. The Bertz CT molecular complexity index is 896. The second-order valence-corrected chi connectivity index (χ2v) is 15.8. The van der Waals surface area contributed by atoms with Crippen LogP contribution in [0.25, 0.3) is 0 Å². The molecule has 6 heteroatoms. The van der Waals surface area contributed by atoms with E-state index in [2.05, 4.69) is 108 Å². The normalized spacial score (nSPS) is 13.8. The van der Waals surface area contributed by atoms with E-state index in [0.717, 1.165) is 19.3 Å². The average molecular weight is 535 g/mol. The molecule has 0 aliphatic heterocycles. The van der Waals surface area contributed by atoms with Crippen molar-refractivity contribution in [2.75, 3.05) is 14.1 Å². The molecule has 0 saturated heterocycles. The van der Waals surface area contributed by atoms with Gasteiger partial charge in [0.05, 0.1) is 0 Å². The Labute approximate surface area is 234 Å². The summed E-state index contributed by atoms with van der Waals surface area (Å²) in [6, 6.07) is 3.56. The van der Waals surface area contributed by atoms with Gasteiger partial charge in [0.2, 0.25) is 5.75 Å². The molecule has 220 valence electrons. The fourth-order valence-corrected chi connectivity index (χ4v) is 5.79. The molecule has 38 heavy (non-hydrogen) atoms. The predicted octanol–water partition coefficient (Wildman–Crippen LogP) is 7.78. The maximum Gasteiger partial charge on any atom is 0.251 e. The van der Waals surface area contributed by atoms with Crippen molar-refractivity contribution in [1.82, 2.24) is 10.6 Å². The maximum absolute atomic E-state index is 12.9. The zero-order chi connectivity index (χ0) is 30.0. The number of hydrogen-bond acceptors (Lipinski definition) is 5. The van der Waals surface area contributed by atoms with Crippen LogP contribution in [0.2, 0.25) is 0 Å². The molecule has 0 radical (unpaired) electrons. The number of amides is 1. The molecule has 0 saturated carbocycles. The van der Waals surface area contributed by atoms with E-state index in [4.69, 9.17) is 14.2 Å². The molecule has 0 unspecified atom stereocenters. The van der Waals surface area contributed by atoms with E-state index >= 15 is 0 Å². The minimum Gasteiger partial charge on any atom is -0.484 e. The van der Waals surface area contributed by atoms with Gasteiger partial charge >= 0.3 is 0 Å². The first-order chi connectivity index (χ1) is 16.8. The van der Waals surface area contributed by atoms with Gasteiger partial charge in [-0.1, -0.05) is 41.5 Å². The van der Waals surface area contributed by atoms with Gasteiger partial charge in [0.1, 0.15) is 16.8 Å². The van der Waals surface area contributed by atoms with E-state index in [1.54, 1.807) is 19.2 Å². The zero-order valence-corrected chi connectivity index (χ0v) is 27.4. The Balaban J connectivity index is 3.82. The lowest BCUT2D eigenvalue weighted by molar-refractivity contribution is 0.0252. The highest BCUT2D eigenvalue weighted by molar-refractivity contribution is 5.95. The third-order valence-electron chi connectivity index (χ3n) is 6.12. The molecule has 0 aliphatic rings. The third-order valence-corrected chi connectivity index (χ3v) is 6.12. The molecule has 0 aromatic heterocycles. The Morgan fingerprint density at radius 3 is 1.32 bits per heavy atom. The smallest absolute Gasteiger partial charge is 0.251 e. The number of rotatable bonds is 12. The van der Waals surface area contributed by atoms with Crippen molar-refractivity contribution in [2.45, 2.75) is 139 Å². The summed E-state index contributed by atoms with van der Waals surface area (Å²) < 4.78 is 20.2. The number of benzene rings is 1. The standard InChI is InChI=1S/C32H58N2O4/c1-27(2,3)19-30(9,10)36-23-17-22(26(35)33-15)18-24(37-31(11,12)20-28(4,5)6)25(23)38-32(13,14)21-29(7,8)34-16/h17-18,34H,19-21H2,1-16H3,(H,33,35). The molecule has 0 fully saturated rings. The predicted molar refractivity (Wildman–Crippen MR) is 160 cm³/mol. The fraction of sp³-hybridized carbons (Fsp3) is 0.781. The summed E-state index contributed by atoms with van der Waals surface area (Å²) in [6.45, 7) is 30.0. The van der Waals surface area contributed by atoms with Crippen LogP contribution in [0.15, 0.2) is 12.1 Å². The van der Waals surface area contributed by atoms with Crippen LogP contribution in [0, 0.1) is 10.8 Å². The molecule has 6 nitrogen and oxygen atoms in total.